The summed E-state index contributed by atoms with van der Waals surface area (Å²) in [5.41, 5.74) is 0. The lowest BCUT2D eigenvalue weighted by Gasteiger charge is -2.22. The van der Waals surface area contributed by atoms with Gasteiger partial charge in [-0.15, -0.1) is 0 Å². The van der Waals surface area contributed by atoms with E-state index in [4.69, 9.17) is 4.74 Å². The number of aliphatic hydroxyl groups excluding tert-OH is 2. The summed E-state index contributed by atoms with van der Waals surface area (Å²) in [4.78, 5) is 24.5. The first-order valence-electron chi connectivity index (χ1n) is 32.2. The fourth-order valence-corrected chi connectivity index (χ4v) is 9.96. The van der Waals surface area contributed by atoms with Gasteiger partial charge in [-0.2, -0.15) is 0 Å². The molecular weight excluding hydrogens is 887 g/mol. The predicted octanol–water partition coefficient (Wildman–Crippen LogP) is 20.4. The molecule has 0 bridgehead atoms. The number of carbonyl (C=O) groups is 2. The summed E-state index contributed by atoms with van der Waals surface area (Å²) in [5, 5.41) is 23.2. The van der Waals surface area contributed by atoms with E-state index >= 15 is 0 Å². The Bertz CT molecular complexity index is 1170. The van der Waals surface area contributed by atoms with Crippen molar-refractivity contribution < 1.29 is 24.5 Å². The van der Waals surface area contributed by atoms with Crippen molar-refractivity contribution in [3.05, 3.63) is 36.5 Å². The van der Waals surface area contributed by atoms with Gasteiger partial charge >= 0.3 is 5.97 Å². The Morgan fingerprint density at radius 3 is 1.08 bits per heavy atom. The number of ether oxygens (including phenoxy) is 1. The van der Waals surface area contributed by atoms with Gasteiger partial charge in [-0.05, 0) is 83.5 Å². The van der Waals surface area contributed by atoms with Crippen LogP contribution in [0.5, 0.6) is 0 Å². The lowest BCUT2D eigenvalue weighted by Crippen LogP contribution is -2.45. The molecule has 0 radical (unpaired) electrons. The monoisotopic (exact) mass is 1010 g/mol. The zero-order chi connectivity index (χ0) is 52.2. The van der Waals surface area contributed by atoms with E-state index in [0.717, 1.165) is 51.4 Å². The van der Waals surface area contributed by atoms with Gasteiger partial charge in [0, 0.05) is 12.8 Å². The van der Waals surface area contributed by atoms with Gasteiger partial charge in [0.1, 0.15) is 0 Å². The average molecular weight is 1010 g/mol. The van der Waals surface area contributed by atoms with E-state index in [9.17, 15) is 19.8 Å². The molecule has 0 aromatic heterocycles. The highest BCUT2D eigenvalue weighted by atomic mass is 16.5. The molecule has 424 valence electrons. The topological polar surface area (TPSA) is 95.9 Å². The quantitative estimate of drug-likeness (QED) is 0.0320. The first-order valence-corrected chi connectivity index (χ1v) is 32.2. The zero-order valence-electron chi connectivity index (χ0n) is 48.4. The molecule has 72 heavy (non-hydrogen) atoms. The Kier molecular flexibility index (Phi) is 60.0. The van der Waals surface area contributed by atoms with Crippen molar-refractivity contribution in [3.8, 4) is 0 Å². The van der Waals surface area contributed by atoms with E-state index in [-0.39, 0.29) is 18.5 Å². The van der Waals surface area contributed by atoms with Gasteiger partial charge in [-0.25, -0.2) is 0 Å². The molecule has 6 nitrogen and oxygen atoms in total. The maximum absolute atomic E-state index is 12.5. The lowest BCUT2D eigenvalue weighted by atomic mass is 10.0. The third kappa shape index (κ3) is 57.4. The van der Waals surface area contributed by atoms with Crippen LogP contribution in [0.15, 0.2) is 36.5 Å². The van der Waals surface area contributed by atoms with Crippen LogP contribution in [-0.4, -0.2) is 47.4 Å². The Hall–Kier alpha value is -1.92. The number of esters is 1. The number of aliphatic hydroxyl groups is 2. The van der Waals surface area contributed by atoms with E-state index in [0.29, 0.717) is 25.9 Å². The van der Waals surface area contributed by atoms with Crippen LogP contribution in [0, 0.1) is 0 Å². The largest absolute Gasteiger partial charge is 0.466 e. The minimum atomic E-state index is -0.664. The van der Waals surface area contributed by atoms with Gasteiger partial charge in [0.2, 0.25) is 5.91 Å². The van der Waals surface area contributed by atoms with Crippen LogP contribution < -0.4 is 5.32 Å². The predicted molar refractivity (Wildman–Crippen MR) is 315 cm³/mol. The summed E-state index contributed by atoms with van der Waals surface area (Å²) >= 11 is 0. The number of rotatable bonds is 60. The molecule has 0 saturated carbocycles. The Morgan fingerprint density at radius 2 is 0.694 bits per heavy atom. The number of amides is 1. The zero-order valence-corrected chi connectivity index (χ0v) is 48.4. The summed E-state index contributed by atoms with van der Waals surface area (Å²) in [6.45, 7) is 4.94. The highest BCUT2D eigenvalue weighted by molar-refractivity contribution is 5.76. The van der Waals surface area contributed by atoms with Gasteiger partial charge in [-0.1, -0.05) is 288 Å². The smallest absolute Gasteiger partial charge is 0.305 e. The first kappa shape index (κ1) is 70.1. The fourth-order valence-electron chi connectivity index (χ4n) is 9.96. The van der Waals surface area contributed by atoms with Gasteiger partial charge in [0.25, 0.3) is 0 Å². The number of unbranched alkanes of at least 4 members (excludes halogenated alkanes) is 43. The van der Waals surface area contributed by atoms with Crippen LogP contribution in [0.25, 0.3) is 0 Å². The second-order valence-electron chi connectivity index (χ2n) is 22.1. The minimum Gasteiger partial charge on any atom is -0.466 e. The Balaban J connectivity index is 3.37. The van der Waals surface area contributed by atoms with Gasteiger partial charge in [0.15, 0.2) is 0 Å². The molecule has 0 heterocycles. The van der Waals surface area contributed by atoms with Crippen molar-refractivity contribution in [1.29, 1.82) is 0 Å². The molecule has 0 spiro atoms. The molecule has 2 unspecified atom stereocenters. The van der Waals surface area contributed by atoms with Gasteiger partial charge in [0.05, 0.1) is 25.4 Å². The average Bonchev–Trinajstić information content (AvgIpc) is 3.38. The van der Waals surface area contributed by atoms with Crippen LogP contribution >= 0.6 is 0 Å². The van der Waals surface area contributed by atoms with Crippen molar-refractivity contribution in [2.24, 2.45) is 0 Å². The summed E-state index contributed by atoms with van der Waals surface area (Å²) in [7, 11) is 0. The van der Waals surface area contributed by atoms with E-state index in [1.165, 1.54) is 263 Å². The molecule has 0 aliphatic rings. The summed E-state index contributed by atoms with van der Waals surface area (Å²) in [6, 6.07) is -0.541. The number of hydrogen-bond acceptors (Lipinski definition) is 5. The first-order chi connectivity index (χ1) is 35.5. The van der Waals surface area contributed by atoms with Crippen LogP contribution in [0.2, 0.25) is 0 Å². The maximum atomic E-state index is 12.5. The van der Waals surface area contributed by atoms with Crippen molar-refractivity contribution in [3.63, 3.8) is 0 Å². The number of allylic oxidation sites excluding steroid dienone is 6. The molecule has 1 amide bonds. The lowest BCUT2D eigenvalue weighted by molar-refractivity contribution is -0.143. The second kappa shape index (κ2) is 61.6. The second-order valence-corrected chi connectivity index (χ2v) is 22.1. The molecule has 0 aliphatic carbocycles. The molecule has 0 aliphatic heterocycles. The summed E-state index contributed by atoms with van der Waals surface area (Å²) in [6.07, 6.45) is 77.4. The Morgan fingerprint density at radius 1 is 0.389 bits per heavy atom. The Labute approximate surface area is 449 Å². The number of hydrogen-bond donors (Lipinski definition) is 3. The number of nitrogens with one attached hydrogen (secondary N) is 1. The maximum Gasteiger partial charge on any atom is 0.305 e. The van der Waals surface area contributed by atoms with Gasteiger partial charge < -0.3 is 20.3 Å². The van der Waals surface area contributed by atoms with Crippen molar-refractivity contribution in [2.75, 3.05) is 13.2 Å². The van der Waals surface area contributed by atoms with Crippen molar-refractivity contribution in [2.45, 2.75) is 360 Å². The summed E-state index contributed by atoms with van der Waals surface area (Å²) < 4.78 is 5.48. The number of carbonyl (C=O) groups excluding carboxylic acids is 2. The van der Waals surface area contributed by atoms with Crippen molar-refractivity contribution in [1.82, 2.24) is 5.32 Å². The molecule has 6 heteroatoms. The third-order valence-corrected chi connectivity index (χ3v) is 14.9. The SMILES string of the molecule is CCCCCC/C=C\C/C=C\CCCCCCCC(=O)OCCCCCCCCCCCCCC/C=C\CCCCCCCCCCCCCC(=O)NC(CO)C(O)CCCCCCCCCCCCCC. The summed E-state index contributed by atoms with van der Waals surface area (Å²) in [5.74, 6) is -0.0338. The fraction of sp³-hybridized carbons (Fsp3) is 0.879. The van der Waals surface area contributed by atoms with Crippen LogP contribution in [0.3, 0.4) is 0 Å². The molecule has 0 saturated heterocycles. The molecule has 0 aromatic carbocycles. The highest BCUT2D eigenvalue weighted by Crippen LogP contribution is 2.17. The minimum absolute atomic E-state index is 0.00168. The van der Waals surface area contributed by atoms with Gasteiger partial charge in [-0.3, -0.25) is 9.59 Å². The van der Waals surface area contributed by atoms with Crippen LogP contribution in [0.4, 0.5) is 0 Å². The molecule has 0 rings (SSSR count). The highest BCUT2D eigenvalue weighted by Gasteiger charge is 2.20. The molecule has 2 atom stereocenters. The van der Waals surface area contributed by atoms with Crippen molar-refractivity contribution >= 4 is 11.9 Å². The molecular formula is C66H125NO5. The standard InChI is InChI=1S/C66H125NO5/c1-3-5-7-9-11-13-15-17-18-33-36-40-44-48-52-56-60-66(71)72-61-57-53-49-45-41-37-34-31-29-27-25-23-21-19-20-22-24-26-28-30-32-35-39-43-47-51-55-59-65(70)67-63(62-68)64(69)58-54-50-46-42-38-16-14-12-10-8-6-4-2/h13,15,18-20,33,63-64,68-69H,3-12,14,16-17,21-32,34-62H2,1-2H3,(H,67,70)/b15-13-,20-19-,33-18-. The third-order valence-electron chi connectivity index (χ3n) is 14.9. The molecule has 0 aromatic rings. The van der Waals surface area contributed by atoms with E-state index in [1.54, 1.807) is 0 Å². The van der Waals surface area contributed by atoms with E-state index in [1.807, 2.05) is 0 Å². The molecule has 0 fully saturated rings. The van der Waals surface area contributed by atoms with Crippen LogP contribution in [0.1, 0.15) is 348 Å². The van der Waals surface area contributed by atoms with Crippen LogP contribution in [-0.2, 0) is 14.3 Å². The van der Waals surface area contributed by atoms with E-state index < -0.39 is 12.1 Å². The van der Waals surface area contributed by atoms with E-state index in [2.05, 4.69) is 55.6 Å². The molecule has 3 N–H and O–H groups in total. The normalized spacial score (nSPS) is 12.8.